The molecule has 1 saturated heterocycles. The Morgan fingerprint density at radius 1 is 1.44 bits per heavy atom. The topological polar surface area (TPSA) is 21.3 Å². The zero-order chi connectivity index (χ0) is 12.9. The summed E-state index contributed by atoms with van der Waals surface area (Å²) in [4.78, 5) is 0. The van der Waals surface area contributed by atoms with Crippen molar-refractivity contribution in [1.82, 2.24) is 0 Å². The van der Waals surface area contributed by atoms with Crippen molar-refractivity contribution < 1.29 is 9.13 Å². The summed E-state index contributed by atoms with van der Waals surface area (Å²) in [6.45, 7) is 5.20. The van der Waals surface area contributed by atoms with Crippen molar-refractivity contribution in [3.63, 3.8) is 0 Å². The lowest BCUT2D eigenvalue weighted by molar-refractivity contribution is -0.0923. The Morgan fingerprint density at radius 3 is 3.00 bits per heavy atom. The van der Waals surface area contributed by atoms with E-state index in [-0.39, 0.29) is 11.2 Å². The lowest BCUT2D eigenvalue weighted by Gasteiger charge is -2.55. The van der Waals surface area contributed by atoms with Gasteiger partial charge in [-0.3, -0.25) is 0 Å². The first-order valence-electron chi connectivity index (χ1n) is 6.33. The minimum Gasteiger partial charge on any atom is -0.380 e. The fourth-order valence-electron chi connectivity index (χ4n) is 3.39. The second-order valence-electron chi connectivity index (χ2n) is 5.81. The number of hydrogen-bond acceptors (Lipinski definition) is 2. The number of nitrogens with one attached hydrogen (secondary N) is 1. The summed E-state index contributed by atoms with van der Waals surface area (Å²) < 4.78 is 19.0. The molecule has 2 fully saturated rings. The number of anilines is 1. The molecule has 1 heterocycles. The molecule has 4 heteroatoms. The third-order valence-electron chi connectivity index (χ3n) is 4.34. The highest BCUT2D eigenvalue weighted by atomic mass is 35.5. The number of ether oxygens (including phenoxy) is 1. The minimum absolute atomic E-state index is 0.0663. The Balaban J connectivity index is 1.82. The van der Waals surface area contributed by atoms with Gasteiger partial charge in [0.25, 0.3) is 0 Å². The fraction of sp³-hybridized carbons (Fsp3) is 0.571. The molecule has 0 radical (unpaired) electrons. The zero-order valence-corrected chi connectivity index (χ0v) is 11.3. The van der Waals surface area contributed by atoms with Crippen LogP contribution < -0.4 is 5.32 Å². The monoisotopic (exact) mass is 269 g/mol. The molecule has 1 aromatic carbocycles. The maximum atomic E-state index is 13.3. The summed E-state index contributed by atoms with van der Waals surface area (Å²) in [5.74, 6) is 0.248. The van der Waals surface area contributed by atoms with Crippen LogP contribution in [0.5, 0.6) is 0 Å². The molecule has 1 aliphatic carbocycles. The van der Waals surface area contributed by atoms with Crippen LogP contribution in [0.3, 0.4) is 0 Å². The standard InChI is InChI=1S/C14H17ClFNO/c1-14(2)12(9-5-6-18-13(9)14)17-11-7-8(16)3-4-10(11)15/h3-4,7,9,12-13,17H,5-6H2,1-2H3. The van der Waals surface area contributed by atoms with Gasteiger partial charge in [-0.05, 0) is 24.6 Å². The average Bonchev–Trinajstić information content (AvgIpc) is 2.77. The number of benzene rings is 1. The molecule has 3 rings (SSSR count). The largest absolute Gasteiger partial charge is 0.380 e. The Labute approximate surface area is 111 Å². The lowest BCUT2D eigenvalue weighted by Crippen LogP contribution is -2.63. The van der Waals surface area contributed by atoms with Gasteiger partial charge in [-0.2, -0.15) is 0 Å². The van der Waals surface area contributed by atoms with Crippen LogP contribution in [0, 0.1) is 17.2 Å². The van der Waals surface area contributed by atoms with E-state index in [2.05, 4.69) is 19.2 Å². The number of hydrogen-bond donors (Lipinski definition) is 1. The molecule has 2 nitrogen and oxygen atoms in total. The molecule has 1 aromatic rings. The molecule has 3 atom stereocenters. The first kappa shape index (κ1) is 12.2. The Hall–Kier alpha value is -0.800. The van der Waals surface area contributed by atoms with E-state index in [4.69, 9.17) is 16.3 Å². The van der Waals surface area contributed by atoms with Crippen molar-refractivity contribution in [2.24, 2.45) is 11.3 Å². The first-order chi connectivity index (χ1) is 8.50. The zero-order valence-electron chi connectivity index (χ0n) is 10.5. The quantitative estimate of drug-likeness (QED) is 0.884. The van der Waals surface area contributed by atoms with Gasteiger partial charge in [0.15, 0.2) is 0 Å². The highest BCUT2D eigenvalue weighted by Gasteiger charge is 2.59. The molecular formula is C14H17ClFNO. The van der Waals surface area contributed by atoms with Crippen molar-refractivity contribution in [1.29, 1.82) is 0 Å². The minimum atomic E-state index is -0.266. The predicted molar refractivity (Wildman–Crippen MR) is 70.4 cm³/mol. The predicted octanol–water partition coefficient (Wildman–Crippen LogP) is 3.70. The average molecular weight is 270 g/mol. The SMILES string of the molecule is CC1(C)C(Nc2cc(F)ccc2Cl)C2CCOC21. The molecule has 98 valence electrons. The van der Waals surface area contributed by atoms with Crippen LogP contribution >= 0.6 is 11.6 Å². The van der Waals surface area contributed by atoms with Crippen molar-refractivity contribution in [3.8, 4) is 0 Å². The lowest BCUT2D eigenvalue weighted by atomic mass is 9.57. The molecule has 0 aromatic heterocycles. The van der Waals surface area contributed by atoms with Crippen LogP contribution in [0.4, 0.5) is 10.1 Å². The van der Waals surface area contributed by atoms with E-state index < -0.39 is 0 Å². The maximum absolute atomic E-state index is 13.3. The molecule has 0 bridgehead atoms. The van der Waals surface area contributed by atoms with Gasteiger partial charge < -0.3 is 10.1 Å². The maximum Gasteiger partial charge on any atom is 0.125 e. The molecule has 18 heavy (non-hydrogen) atoms. The van der Waals surface area contributed by atoms with Gasteiger partial charge in [0, 0.05) is 24.0 Å². The smallest absolute Gasteiger partial charge is 0.125 e. The summed E-state index contributed by atoms with van der Waals surface area (Å²) in [5.41, 5.74) is 0.747. The molecule has 3 unspecified atom stereocenters. The third kappa shape index (κ3) is 1.72. The van der Waals surface area contributed by atoms with E-state index in [0.717, 1.165) is 13.0 Å². The third-order valence-corrected chi connectivity index (χ3v) is 4.67. The van der Waals surface area contributed by atoms with E-state index in [9.17, 15) is 4.39 Å². The Bertz CT molecular complexity index is 477. The van der Waals surface area contributed by atoms with Crippen LogP contribution in [-0.2, 0) is 4.74 Å². The normalized spacial score (nSPS) is 32.8. The van der Waals surface area contributed by atoms with Gasteiger partial charge in [-0.15, -0.1) is 0 Å². The van der Waals surface area contributed by atoms with Crippen molar-refractivity contribution in [2.75, 3.05) is 11.9 Å². The fourth-order valence-corrected chi connectivity index (χ4v) is 3.57. The van der Waals surface area contributed by atoms with Gasteiger partial charge in [-0.1, -0.05) is 25.4 Å². The Morgan fingerprint density at radius 2 is 2.22 bits per heavy atom. The summed E-state index contributed by atoms with van der Waals surface area (Å²) >= 11 is 6.10. The highest BCUT2D eigenvalue weighted by Crippen LogP contribution is 2.53. The van der Waals surface area contributed by atoms with E-state index in [1.807, 2.05) is 0 Å². The Kier molecular flexibility index (Phi) is 2.79. The van der Waals surface area contributed by atoms with Gasteiger partial charge in [0.1, 0.15) is 5.82 Å². The van der Waals surface area contributed by atoms with Gasteiger partial charge in [0.2, 0.25) is 0 Å². The van der Waals surface area contributed by atoms with Crippen LogP contribution in [0.1, 0.15) is 20.3 Å². The van der Waals surface area contributed by atoms with Crippen molar-refractivity contribution in [2.45, 2.75) is 32.4 Å². The van der Waals surface area contributed by atoms with E-state index in [1.54, 1.807) is 6.07 Å². The van der Waals surface area contributed by atoms with Crippen LogP contribution in [0.15, 0.2) is 18.2 Å². The number of fused-ring (bicyclic) bond motifs is 1. The van der Waals surface area contributed by atoms with Crippen molar-refractivity contribution in [3.05, 3.63) is 29.0 Å². The summed E-state index contributed by atoms with van der Waals surface area (Å²) in [5, 5.41) is 3.96. The number of halogens is 2. The van der Waals surface area contributed by atoms with Gasteiger partial charge in [-0.25, -0.2) is 4.39 Å². The summed E-state index contributed by atoms with van der Waals surface area (Å²) in [6.07, 6.45) is 1.39. The molecule has 0 spiro atoms. The number of rotatable bonds is 2. The highest BCUT2D eigenvalue weighted by molar-refractivity contribution is 6.33. The summed E-state index contributed by atoms with van der Waals surface area (Å²) in [6, 6.07) is 4.72. The summed E-state index contributed by atoms with van der Waals surface area (Å²) in [7, 11) is 0. The first-order valence-corrected chi connectivity index (χ1v) is 6.71. The second kappa shape index (κ2) is 4.10. The second-order valence-corrected chi connectivity index (χ2v) is 6.22. The van der Waals surface area contributed by atoms with Crippen LogP contribution in [-0.4, -0.2) is 18.8 Å². The molecule has 2 aliphatic rings. The molecule has 1 saturated carbocycles. The van der Waals surface area contributed by atoms with Gasteiger partial charge >= 0.3 is 0 Å². The molecular weight excluding hydrogens is 253 g/mol. The molecule has 1 N–H and O–H groups in total. The van der Waals surface area contributed by atoms with Crippen LogP contribution in [0.2, 0.25) is 5.02 Å². The van der Waals surface area contributed by atoms with Gasteiger partial charge in [0.05, 0.1) is 16.8 Å². The van der Waals surface area contributed by atoms with E-state index >= 15 is 0 Å². The molecule has 0 amide bonds. The van der Waals surface area contributed by atoms with Crippen molar-refractivity contribution >= 4 is 17.3 Å². The van der Waals surface area contributed by atoms with E-state index in [1.165, 1.54) is 12.1 Å². The van der Waals surface area contributed by atoms with E-state index in [0.29, 0.717) is 28.8 Å². The van der Waals surface area contributed by atoms with Crippen LogP contribution in [0.25, 0.3) is 0 Å². The molecule has 1 aliphatic heterocycles.